The van der Waals surface area contributed by atoms with Crippen molar-refractivity contribution in [2.75, 3.05) is 13.1 Å². The van der Waals surface area contributed by atoms with E-state index < -0.39 is 6.10 Å². The Kier molecular flexibility index (Phi) is 5.41. The normalized spacial score (nSPS) is 14.2. The van der Waals surface area contributed by atoms with Crippen molar-refractivity contribution in [3.05, 3.63) is 23.5 Å². The number of rotatable bonds is 8. The van der Waals surface area contributed by atoms with Crippen LogP contribution in [0.2, 0.25) is 0 Å². The van der Waals surface area contributed by atoms with Gasteiger partial charge in [0.05, 0.1) is 11.8 Å². The first-order valence-electron chi connectivity index (χ1n) is 7.95. The molecule has 0 amide bonds. The van der Waals surface area contributed by atoms with Crippen molar-refractivity contribution in [2.45, 2.75) is 58.6 Å². The minimum Gasteiger partial charge on any atom is -0.391 e. The van der Waals surface area contributed by atoms with Gasteiger partial charge in [0.25, 0.3) is 0 Å². The SMILES string of the molecule is CCN(CC)C(CC)(CC)C(O)Cc1cn2ccsc2n1. The minimum atomic E-state index is -0.392. The minimum absolute atomic E-state index is 0.152. The summed E-state index contributed by atoms with van der Waals surface area (Å²) >= 11 is 1.63. The fraction of sp³-hybridized carbons (Fsp3) is 0.688. The first-order chi connectivity index (χ1) is 10.1. The van der Waals surface area contributed by atoms with Crippen LogP contribution < -0.4 is 0 Å². The van der Waals surface area contributed by atoms with E-state index in [1.807, 2.05) is 22.2 Å². The summed E-state index contributed by atoms with van der Waals surface area (Å²) in [5, 5.41) is 12.9. The van der Waals surface area contributed by atoms with Gasteiger partial charge in [-0.05, 0) is 25.9 Å². The predicted molar refractivity (Wildman–Crippen MR) is 89.0 cm³/mol. The third-order valence-electron chi connectivity index (χ3n) is 4.78. The Morgan fingerprint density at radius 3 is 2.48 bits per heavy atom. The molecule has 2 heterocycles. The molecule has 1 atom stereocenters. The second-order valence-electron chi connectivity index (χ2n) is 5.53. The third kappa shape index (κ3) is 3.00. The van der Waals surface area contributed by atoms with Crippen LogP contribution in [0.3, 0.4) is 0 Å². The first-order valence-corrected chi connectivity index (χ1v) is 8.83. The van der Waals surface area contributed by atoms with Gasteiger partial charge in [0.15, 0.2) is 4.96 Å². The molecule has 4 nitrogen and oxygen atoms in total. The Labute approximate surface area is 131 Å². The van der Waals surface area contributed by atoms with Crippen LogP contribution in [0.5, 0.6) is 0 Å². The van der Waals surface area contributed by atoms with Gasteiger partial charge in [-0.2, -0.15) is 0 Å². The Bertz CT molecular complexity index is 526. The Hall–Kier alpha value is -0.910. The van der Waals surface area contributed by atoms with Gasteiger partial charge < -0.3 is 5.11 Å². The largest absolute Gasteiger partial charge is 0.391 e. The molecule has 118 valence electrons. The summed E-state index contributed by atoms with van der Waals surface area (Å²) in [6.07, 6.45) is 6.18. The third-order valence-corrected chi connectivity index (χ3v) is 5.55. The van der Waals surface area contributed by atoms with Crippen LogP contribution in [0.25, 0.3) is 4.96 Å². The summed E-state index contributed by atoms with van der Waals surface area (Å²) in [4.78, 5) is 8.01. The van der Waals surface area contributed by atoms with Gasteiger partial charge in [0.2, 0.25) is 0 Å². The van der Waals surface area contributed by atoms with E-state index in [-0.39, 0.29) is 5.54 Å². The van der Waals surface area contributed by atoms with Gasteiger partial charge in [-0.1, -0.05) is 27.7 Å². The quantitative estimate of drug-likeness (QED) is 0.814. The Morgan fingerprint density at radius 1 is 1.29 bits per heavy atom. The maximum atomic E-state index is 10.9. The highest BCUT2D eigenvalue weighted by Crippen LogP contribution is 2.30. The number of thiazole rings is 1. The van der Waals surface area contributed by atoms with Gasteiger partial charge in [0, 0.05) is 29.7 Å². The van der Waals surface area contributed by atoms with E-state index in [1.165, 1.54) is 0 Å². The molecule has 0 aliphatic carbocycles. The molecule has 5 heteroatoms. The van der Waals surface area contributed by atoms with Crippen molar-refractivity contribution in [1.29, 1.82) is 0 Å². The van der Waals surface area contributed by atoms with Crippen LogP contribution in [0.4, 0.5) is 0 Å². The van der Waals surface area contributed by atoms with Crippen molar-refractivity contribution in [1.82, 2.24) is 14.3 Å². The van der Waals surface area contributed by atoms with Crippen LogP contribution in [0.1, 0.15) is 46.2 Å². The van der Waals surface area contributed by atoms with Gasteiger partial charge in [-0.25, -0.2) is 4.98 Å². The zero-order valence-corrected chi connectivity index (χ0v) is 14.4. The molecule has 0 aromatic carbocycles. The van der Waals surface area contributed by atoms with E-state index in [2.05, 4.69) is 37.6 Å². The average molecular weight is 309 g/mol. The van der Waals surface area contributed by atoms with Crippen LogP contribution >= 0.6 is 11.3 Å². The highest BCUT2D eigenvalue weighted by Gasteiger charge is 2.39. The molecule has 0 aliphatic heterocycles. The number of nitrogens with zero attached hydrogens (tertiary/aromatic N) is 3. The van der Waals surface area contributed by atoms with Crippen molar-refractivity contribution in [2.24, 2.45) is 0 Å². The summed E-state index contributed by atoms with van der Waals surface area (Å²) in [6, 6.07) is 0. The molecule has 1 N–H and O–H groups in total. The van der Waals surface area contributed by atoms with Crippen LogP contribution in [0.15, 0.2) is 17.8 Å². The molecule has 0 aliphatic rings. The first kappa shape index (κ1) is 16.5. The summed E-state index contributed by atoms with van der Waals surface area (Å²) < 4.78 is 2.03. The van der Waals surface area contributed by atoms with E-state index in [4.69, 9.17) is 0 Å². The molecule has 0 fully saturated rings. The monoisotopic (exact) mass is 309 g/mol. The van der Waals surface area contributed by atoms with Crippen LogP contribution in [-0.2, 0) is 6.42 Å². The van der Waals surface area contributed by atoms with E-state index in [0.29, 0.717) is 6.42 Å². The molecule has 2 aromatic heterocycles. The zero-order valence-electron chi connectivity index (χ0n) is 13.5. The number of fused-ring (bicyclic) bond motifs is 1. The fourth-order valence-corrected chi connectivity index (χ4v) is 4.21. The summed E-state index contributed by atoms with van der Waals surface area (Å²) in [7, 11) is 0. The maximum Gasteiger partial charge on any atom is 0.193 e. The van der Waals surface area contributed by atoms with E-state index in [1.54, 1.807) is 11.3 Å². The van der Waals surface area contributed by atoms with E-state index in [9.17, 15) is 5.11 Å². The van der Waals surface area contributed by atoms with E-state index in [0.717, 1.165) is 36.6 Å². The second kappa shape index (κ2) is 6.90. The van der Waals surface area contributed by atoms with E-state index >= 15 is 0 Å². The summed E-state index contributed by atoms with van der Waals surface area (Å²) in [6.45, 7) is 10.6. The van der Waals surface area contributed by atoms with Crippen LogP contribution in [0, 0.1) is 0 Å². The predicted octanol–water partition coefficient (Wildman–Crippen LogP) is 3.20. The van der Waals surface area contributed by atoms with Gasteiger partial charge >= 0.3 is 0 Å². The maximum absolute atomic E-state index is 10.9. The Balaban J connectivity index is 2.21. The lowest BCUT2D eigenvalue weighted by Crippen LogP contribution is -2.56. The number of aliphatic hydroxyl groups excluding tert-OH is 1. The molecular formula is C16H27N3OS. The Morgan fingerprint density at radius 2 is 1.95 bits per heavy atom. The molecule has 0 saturated carbocycles. The number of hydrogen-bond donors (Lipinski definition) is 1. The number of likely N-dealkylation sites (N-methyl/N-ethyl adjacent to an activating group) is 1. The van der Waals surface area contributed by atoms with Gasteiger partial charge in [0.1, 0.15) is 0 Å². The number of imidazole rings is 1. The van der Waals surface area contributed by atoms with Crippen LogP contribution in [-0.4, -0.2) is 44.1 Å². The number of hydrogen-bond acceptors (Lipinski definition) is 4. The van der Waals surface area contributed by atoms with Crippen molar-refractivity contribution in [3.8, 4) is 0 Å². The molecule has 0 saturated heterocycles. The number of aliphatic hydroxyl groups is 1. The highest BCUT2D eigenvalue weighted by atomic mass is 32.1. The highest BCUT2D eigenvalue weighted by molar-refractivity contribution is 7.15. The molecule has 2 aromatic rings. The van der Waals surface area contributed by atoms with Gasteiger partial charge in [-0.3, -0.25) is 9.30 Å². The summed E-state index contributed by atoms with van der Waals surface area (Å²) in [5.41, 5.74) is 0.827. The van der Waals surface area contributed by atoms with Crippen molar-refractivity contribution in [3.63, 3.8) is 0 Å². The smallest absolute Gasteiger partial charge is 0.193 e. The lowest BCUT2D eigenvalue weighted by Gasteiger charge is -2.45. The average Bonchev–Trinajstić information content (AvgIpc) is 3.05. The zero-order chi connectivity index (χ0) is 15.5. The topological polar surface area (TPSA) is 40.8 Å². The molecule has 1 unspecified atom stereocenters. The fourth-order valence-electron chi connectivity index (χ4n) is 3.50. The lowest BCUT2D eigenvalue weighted by molar-refractivity contribution is -0.0344. The molecule has 21 heavy (non-hydrogen) atoms. The van der Waals surface area contributed by atoms with Gasteiger partial charge in [-0.15, -0.1) is 11.3 Å². The number of aromatic nitrogens is 2. The molecule has 0 radical (unpaired) electrons. The second-order valence-corrected chi connectivity index (χ2v) is 6.40. The standard InChI is InChI=1S/C16H27N3OS/c1-5-16(6-2,19(7-3)8-4)14(20)11-13-12-18-9-10-21-15(18)17-13/h9-10,12,14,20H,5-8,11H2,1-4H3. The molecule has 0 spiro atoms. The molecule has 2 rings (SSSR count). The molecular weight excluding hydrogens is 282 g/mol. The molecule has 0 bridgehead atoms. The van der Waals surface area contributed by atoms with Crippen molar-refractivity contribution >= 4 is 16.3 Å². The summed E-state index contributed by atoms with van der Waals surface area (Å²) in [5.74, 6) is 0. The lowest BCUT2D eigenvalue weighted by atomic mass is 9.82. The van der Waals surface area contributed by atoms with Crippen molar-refractivity contribution < 1.29 is 5.11 Å².